The van der Waals surface area contributed by atoms with E-state index in [0.717, 1.165) is 64.6 Å². The summed E-state index contributed by atoms with van der Waals surface area (Å²) in [7, 11) is 0. The lowest BCUT2D eigenvalue weighted by Gasteiger charge is -2.33. The number of nitrogens with zero attached hydrogens (tertiary/aromatic N) is 7. The van der Waals surface area contributed by atoms with Gasteiger partial charge < -0.3 is 9.64 Å². The molecule has 164 valence electrons. The molecule has 0 saturated carbocycles. The first kappa shape index (κ1) is 19.6. The Morgan fingerprint density at radius 3 is 2.68 bits per heavy atom. The van der Waals surface area contributed by atoms with Crippen LogP contribution in [0.5, 0.6) is 0 Å². The maximum Gasteiger partial charge on any atom is 0.146 e. The molecule has 1 aliphatic carbocycles. The SMILES string of the molecule is c1ncn(C2CCN(c3nc(CN4CCOCC4)nc4sc5c(c34)CCCC5)CC2)n1. The fraction of sp³-hybridized carbons (Fsp3) is 0.636. The van der Waals surface area contributed by atoms with E-state index in [0.29, 0.717) is 6.04 Å². The van der Waals surface area contributed by atoms with Gasteiger partial charge in [-0.3, -0.25) is 4.90 Å². The van der Waals surface area contributed by atoms with E-state index in [2.05, 4.69) is 19.9 Å². The van der Waals surface area contributed by atoms with Crippen LogP contribution in [-0.2, 0) is 24.1 Å². The van der Waals surface area contributed by atoms with E-state index in [9.17, 15) is 0 Å². The lowest BCUT2D eigenvalue weighted by Crippen LogP contribution is -2.37. The summed E-state index contributed by atoms with van der Waals surface area (Å²) in [5.74, 6) is 2.13. The molecule has 31 heavy (non-hydrogen) atoms. The smallest absolute Gasteiger partial charge is 0.146 e. The summed E-state index contributed by atoms with van der Waals surface area (Å²) >= 11 is 1.91. The third kappa shape index (κ3) is 3.83. The molecule has 2 saturated heterocycles. The van der Waals surface area contributed by atoms with Crippen LogP contribution < -0.4 is 4.90 Å². The number of thiophene rings is 1. The first-order valence-electron chi connectivity index (χ1n) is 11.6. The number of rotatable bonds is 4. The minimum Gasteiger partial charge on any atom is -0.379 e. The number of aromatic nitrogens is 5. The predicted octanol–water partition coefficient (Wildman–Crippen LogP) is 2.84. The van der Waals surface area contributed by atoms with E-state index >= 15 is 0 Å². The molecule has 0 amide bonds. The molecule has 5 heterocycles. The van der Waals surface area contributed by atoms with Crippen molar-refractivity contribution in [1.82, 2.24) is 29.6 Å². The molecule has 6 rings (SSSR count). The highest BCUT2D eigenvalue weighted by atomic mass is 32.1. The molecule has 2 fully saturated rings. The van der Waals surface area contributed by atoms with Crippen LogP contribution >= 0.6 is 11.3 Å². The molecular formula is C22H29N7OS. The summed E-state index contributed by atoms with van der Waals surface area (Å²) in [5, 5.41) is 5.70. The van der Waals surface area contributed by atoms with E-state index in [4.69, 9.17) is 14.7 Å². The highest BCUT2D eigenvalue weighted by Gasteiger charge is 2.28. The van der Waals surface area contributed by atoms with Gasteiger partial charge in [-0.05, 0) is 44.1 Å². The van der Waals surface area contributed by atoms with Gasteiger partial charge in [0.15, 0.2) is 0 Å². The number of anilines is 1. The van der Waals surface area contributed by atoms with E-state index < -0.39 is 0 Å². The van der Waals surface area contributed by atoms with Crippen LogP contribution in [0.25, 0.3) is 10.2 Å². The Balaban J connectivity index is 1.33. The summed E-state index contributed by atoms with van der Waals surface area (Å²) in [4.78, 5) is 22.0. The zero-order valence-electron chi connectivity index (χ0n) is 17.9. The van der Waals surface area contributed by atoms with Crippen LogP contribution in [-0.4, -0.2) is 69.0 Å². The monoisotopic (exact) mass is 439 g/mol. The van der Waals surface area contributed by atoms with Gasteiger partial charge in [0.05, 0.1) is 31.2 Å². The van der Waals surface area contributed by atoms with Gasteiger partial charge in [-0.25, -0.2) is 19.6 Å². The van der Waals surface area contributed by atoms with Gasteiger partial charge in [0, 0.05) is 31.1 Å². The Morgan fingerprint density at radius 1 is 1.03 bits per heavy atom. The molecule has 3 aromatic rings. The van der Waals surface area contributed by atoms with Crippen LogP contribution in [0, 0.1) is 0 Å². The minimum absolute atomic E-state index is 0.431. The first-order valence-corrected chi connectivity index (χ1v) is 12.4. The number of piperidine rings is 1. The van der Waals surface area contributed by atoms with Gasteiger partial charge in [-0.15, -0.1) is 11.3 Å². The van der Waals surface area contributed by atoms with Gasteiger partial charge in [0.25, 0.3) is 0 Å². The average Bonchev–Trinajstić information content (AvgIpc) is 3.47. The van der Waals surface area contributed by atoms with Crippen LogP contribution in [0.15, 0.2) is 12.7 Å². The van der Waals surface area contributed by atoms with Crippen molar-refractivity contribution >= 4 is 27.4 Å². The second kappa shape index (κ2) is 8.44. The molecule has 3 aliphatic rings. The molecule has 3 aromatic heterocycles. The maximum absolute atomic E-state index is 5.52. The maximum atomic E-state index is 5.52. The molecule has 9 heteroatoms. The standard InChI is InChI=1S/C22H29N7OS/c1-2-4-18-17(3-1)20-21(28-7-5-16(6-8-28)29-15-23-14-24-29)25-19(26-22(20)31-18)13-27-9-11-30-12-10-27/h14-16H,1-13H2. The molecule has 0 spiro atoms. The van der Waals surface area contributed by atoms with Crippen molar-refractivity contribution in [3.05, 3.63) is 28.9 Å². The lowest BCUT2D eigenvalue weighted by molar-refractivity contribution is 0.0331. The summed E-state index contributed by atoms with van der Waals surface area (Å²) < 4.78 is 7.54. The van der Waals surface area contributed by atoms with Crippen molar-refractivity contribution in [3.8, 4) is 0 Å². The Bertz CT molecular complexity index is 1040. The zero-order valence-corrected chi connectivity index (χ0v) is 18.7. The van der Waals surface area contributed by atoms with Crippen molar-refractivity contribution in [2.75, 3.05) is 44.3 Å². The van der Waals surface area contributed by atoms with Gasteiger partial charge in [-0.1, -0.05) is 0 Å². The van der Waals surface area contributed by atoms with Crippen LogP contribution in [0.3, 0.4) is 0 Å². The molecular weight excluding hydrogens is 410 g/mol. The molecule has 0 bridgehead atoms. The van der Waals surface area contributed by atoms with E-state index in [-0.39, 0.29) is 0 Å². The Morgan fingerprint density at radius 2 is 1.87 bits per heavy atom. The summed E-state index contributed by atoms with van der Waals surface area (Å²) in [6.07, 6.45) is 10.6. The first-order chi connectivity index (χ1) is 15.3. The molecule has 0 unspecified atom stereocenters. The average molecular weight is 440 g/mol. The van der Waals surface area contributed by atoms with Crippen LogP contribution in [0.4, 0.5) is 5.82 Å². The normalized spacial score (nSPS) is 21.0. The number of morpholine rings is 1. The van der Waals surface area contributed by atoms with Gasteiger partial charge in [0.1, 0.15) is 29.1 Å². The topological polar surface area (TPSA) is 72.2 Å². The number of ether oxygens (including phenoxy) is 1. The minimum atomic E-state index is 0.431. The van der Waals surface area contributed by atoms with Gasteiger partial charge in [-0.2, -0.15) is 5.10 Å². The van der Waals surface area contributed by atoms with Crippen molar-refractivity contribution in [3.63, 3.8) is 0 Å². The lowest BCUT2D eigenvalue weighted by atomic mass is 9.96. The summed E-state index contributed by atoms with van der Waals surface area (Å²) in [6, 6.07) is 0.431. The number of fused-ring (bicyclic) bond motifs is 3. The van der Waals surface area contributed by atoms with Crippen LogP contribution in [0.1, 0.15) is 48.0 Å². The van der Waals surface area contributed by atoms with E-state index in [1.807, 2.05) is 22.3 Å². The predicted molar refractivity (Wildman–Crippen MR) is 121 cm³/mol. The molecule has 2 aliphatic heterocycles. The fourth-order valence-corrected chi connectivity index (χ4v) is 6.46. The highest BCUT2D eigenvalue weighted by molar-refractivity contribution is 7.19. The molecule has 0 atom stereocenters. The third-order valence-corrected chi connectivity index (χ3v) is 8.07. The summed E-state index contributed by atoms with van der Waals surface area (Å²) in [6.45, 7) is 6.33. The Labute approximate surface area is 186 Å². The van der Waals surface area contributed by atoms with Crippen LogP contribution in [0.2, 0.25) is 0 Å². The largest absolute Gasteiger partial charge is 0.379 e. The third-order valence-electron chi connectivity index (χ3n) is 6.89. The van der Waals surface area contributed by atoms with E-state index in [1.54, 1.807) is 6.33 Å². The second-order valence-corrected chi connectivity index (χ2v) is 9.92. The second-order valence-electron chi connectivity index (χ2n) is 8.84. The molecule has 0 radical (unpaired) electrons. The molecule has 8 nitrogen and oxygen atoms in total. The van der Waals surface area contributed by atoms with Crippen molar-refractivity contribution in [1.29, 1.82) is 0 Å². The van der Waals surface area contributed by atoms with Gasteiger partial charge in [0.2, 0.25) is 0 Å². The Kier molecular flexibility index (Phi) is 5.33. The number of aryl methyl sites for hydroxylation is 2. The quantitative estimate of drug-likeness (QED) is 0.619. The molecule has 0 N–H and O–H groups in total. The Hall–Kier alpha value is -2.10. The van der Waals surface area contributed by atoms with Crippen molar-refractivity contribution < 1.29 is 4.74 Å². The van der Waals surface area contributed by atoms with E-state index in [1.165, 1.54) is 52.2 Å². The van der Waals surface area contributed by atoms with Crippen molar-refractivity contribution in [2.24, 2.45) is 0 Å². The molecule has 0 aromatic carbocycles. The highest BCUT2D eigenvalue weighted by Crippen LogP contribution is 2.40. The van der Waals surface area contributed by atoms with Gasteiger partial charge >= 0.3 is 0 Å². The summed E-state index contributed by atoms with van der Waals surface area (Å²) in [5.41, 5.74) is 1.53. The fourth-order valence-electron chi connectivity index (χ4n) is 5.19. The number of hydrogen-bond donors (Lipinski definition) is 0. The zero-order chi connectivity index (χ0) is 20.6. The van der Waals surface area contributed by atoms with Crippen molar-refractivity contribution in [2.45, 2.75) is 51.1 Å². The number of hydrogen-bond acceptors (Lipinski definition) is 8.